The fourth-order valence-electron chi connectivity index (χ4n) is 2.96. The summed E-state index contributed by atoms with van der Waals surface area (Å²) >= 11 is 2.99. The van der Waals surface area contributed by atoms with Crippen molar-refractivity contribution in [2.45, 2.75) is 18.7 Å². The minimum Gasteiger partial charge on any atom is -0.302 e. The highest BCUT2D eigenvalue weighted by Crippen LogP contribution is 2.30. The van der Waals surface area contributed by atoms with E-state index in [1.165, 1.54) is 23.5 Å². The minimum atomic E-state index is -0.295. The minimum absolute atomic E-state index is 0. The van der Waals surface area contributed by atoms with Crippen LogP contribution in [-0.2, 0) is 0 Å². The lowest BCUT2D eigenvalue weighted by molar-refractivity contribution is 0.0983. The molecule has 0 spiro atoms. The molecular weight excluding hydrogens is 429 g/mol. The third-order valence-electron chi connectivity index (χ3n) is 4.69. The molecule has 0 radical (unpaired) electrons. The van der Waals surface area contributed by atoms with Gasteiger partial charge in [0.2, 0.25) is 0 Å². The summed E-state index contributed by atoms with van der Waals surface area (Å²) < 4.78 is 14.3. The van der Waals surface area contributed by atoms with E-state index in [-0.39, 0.29) is 24.1 Å². The number of anilines is 1. The van der Waals surface area contributed by atoms with Crippen molar-refractivity contribution in [2.24, 2.45) is 0 Å². The van der Waals surface area contributed by atoms with Crippen LogP contribution < -0.4 is 4.90 Å². The fourth-order valence-corrected chi connectivity index (χ4v) is 4.38. The first-order chi connectivity index (χ1) is 13.5. The highest BCUT2D eigenvalue weighted by molar-refractivity contribution is 7.98. The summed E-state index contributed by atoms with van der Waals surface area (Å²) in [7, 11) is 0. The Morgan fingerprint density at radius 2 is 1.79 bits per heavy atom. The molecule has 1 heterocycles. The number of thioether (sulfide) groups is 1. The van der Waals surface area contributed by atoms with Crippen molar-refractivity contribution in [3.05, 3.63) is 53.8 Å². The first kappa shape index (κ1) is 23.6. The molecule has 0 N–H and O–H groups in total. The Bertz CT molecular complexity index is 945. The summed E-state index contributed by atoms with van der Waals surface area (Å²) in [4.78, 5) is 23.0. The van der Waals surface area contributed by atoms with Crippen molar-refractivity contribution in [3.63, 3.8) is 0 Å². The van der Waals surface area contributed by atoms with Crippen LogP contribution in [0, 0.1) is 5.82 Å². The van der Waals surface area contributed by atoms with E-state index >= 15 is 0 Å². The molecule has 0 saturated heterocycles. The van der Waals surface area contributed by atoms with Crippen molar-refractivity contribution < 1.29 is 9.18 Å². The Hall–Kier alpha value is -1.67. The molecule has 4 nitrogen and oxygen atoms in total. The van der Waals surface area contributed by atoms with Gasteiger partial charge in [0.25, 0.3) is 5.91 Å². The maximum absolute atomic E-state index is 13.6. The van der Waals surface area contributed by atoms with Crippen molar-refractivity contribution in [3.8, 4) is 0 Å². The van der Waals surface area contributed by atoms with Crippen LogP contribution in [0.2, 0.25) is 0 Å². The predicted octanol–water partition coefficient (Wildman–Crippen LogP) is 5.57. The highest BCUT2D eigenvalue weighted by Gasteiger charge is 2.22. The molecule has 0 unspecified atom stereocenters. The number of hydrogen-bond donors (Lipinski definition) is 0. The largest absolute Gasteiger partial charge is 0.302 e. The second-order valence-electron chi connectivity index (χ2n) is 6.32. The van der Waals surface area contributed by atoms with E-state index in [0.29, 0.717) is 22.8 Å². The van der Waals surface area contributed by atoms with E-state index in [2.05, 4.69) is 23.7 Å². The summed E-state index contributed by atoms with van der Waals surface area (Å²) in [6.45, 7) is 7.35. The number of hydrogen-bond acceptors (Lipinski definition) is 5. The molecular formula is C21H25ClFN3OS2. The lowest BCUT2D eigenvalue weighted by Crippen LogP contribution is -2.38. The number of aromatic nitrogens is 1. The van der Waals surface area contributed by atoms with E-state index in [1.54, 1.807) is 22.7 Å². The number of rotatable bonds is 8. The van der Waals surface area contributed by atoms with Crippen molar-refractivity contribution >= 4 is 56.8 Å². The number of fused-ring (bicyclic) bond motifs is 1. The van der Waals surface area contributed by atoms with Gasteiger partial charge in [-0.1, -0.05) is 25.2 Å². The third kappa shape index (κ3) is 5.69. The van der Waals surface area contributed by atoms with Gasteiger partial charge >= 0.3 is 0 Å². The van der Waals surface area contributed by atoms with Gasteiger partial charge in [-0.2, -0.15) is 0 Å². The Kier molecular flexibility index (Phi) is 8.89. The molecule has 0 bridgehead atoms. The monoisotopic (exact) mass is 453 g/mol. The first-order valence-corrected chi connectivity index (χ1v) is 11.3. The number of carbonyl (C=O) groups excluding carboxylic acids is 1. The van der Waals surface area contributed by atoms with Crippen LogP contribution in [0.5, 0.6) is 0 Å². The van der Waals surface area contributed by atoms with Gasteiger partial charge in [0, 0.05) is 23.5 Å². The Labute approximate surface area is 185 Å². The van der Waals surface area contributed by atoms with Gasteiger partial charge in [0.05, 0.1) is 10.2 Å². The number of likely N-dealkylation sites (N-methyl/N-ethyl adjacent to an activating group) is 1. The molecule has 0 aliphatic carbocycles. The van der Waals surface area contributed by atoms with Crippen molar-refractivity contribution in [1.82, 2.24) is 9.88 Å². The number of carbonyl (C=O) groups is 1. The zero-order valence-corrected chi connectivity index (χ0v) is 19.2. The number of nitrogens with zero attached hydrogens (tertiary/aromatic N) is 3. The molecule has 0 saturated carbocycles. The normalized spacial score (nSPS) is 10.9. The van der Waals surface area contributed by atoms with Crippen molar-refractivity contribution in [1.29, 1.82) is 0 Å². The molecule has 1 amide bonds. The van der Waals surface area contributed by atoms with Crippen LogP contribution in [0.4, 0.5) is 9.52 Å². The van der Waals surface area contributed by atoms with Gasteiger partial charge < -0.3 is 4.90 Å². The summed E-state index contributed by atoms with van der Waals surface area (Å²) in [6.07, 6.45) is 2.01. The van der Waals surface area contributed by atoms with Gasteiger partial charge in [-0.05, 0) is 61.8 Å². The lowest BCUT2D eigenvalue weighted by atomic mass is 10.2. The van der Waals surface area contributed by atoms with Crippen LogP contribution in [-0.4, -0.2) is 48.2 Å². The van der Waals surface area contributed by atoms with E-state index in [0.717, 1.165) is 29.2 Å². The second kappa shape index (κ2) is 10.9. The Morgan fingerprint density at radius 1 is 1.10 bits per heavy atom. The van der Waals surface area contributed by atoms with E-state index in [1.807, 2.05) is 30.5 Å². The number of benzene rings is 2. The number of halogens is 2. The maximum Gasteiger partial charge on any atom is 0.260 e. The second-order valence-corrected chi connectivity index (χ2v) is 8.21. The quantitative estimate of drug-likeness (QED) is 0.418. The molecule has 3 aromatic rings. The van der Waals surface area contributed by atoms with Crippen LogP contribution in [0.1, 0.15) is 24.2 Å². The van der Waals surface area contributed by atoms with Gasteiger partial charge in [-0.25, -0.2) is 9.37 Å². The van der Waals surface area contributed by atoms with Gasteiger partial charge in [-0.15, -0.1) is 24.2 Å². The SMILES string of the molecule is CCN(CC)CCN(C(=O)c1ccc(SC)cc1)c1nc2ccc(F)cc2s1.Cl. The molecule has 2 aromatic carbocycles. The van der Waals surface area contributed by atoms with Crippen molar-refractivity contribution in [2.75, 3.05) is 37.3 Å². The summed E-state index contributed by atoms with van der Waals surface area (Å²) in [5.41, 5.74) is 1.34. The Balaban J connectivity index is 0.00000300. The standard InChI is InChI=1S/C21H24FN3OS2.ClH/c1-4-24(5-2)12-13-25(20(26)15-6-9-17(27-3)10-7-15)21-23-18-11-8-16(22)14-19(18)28-21;/h6-11,14H,4-5,12-13H2,1-3H3;1H. The zero-order chi connectivity index (χ0) is 20.1. The number of thiazole rings is 1. The van der Waals surface area contributed by atoms with E-state index in [9.17, 15) is 9.18 Å². The molecule has 0 atom stereocenters. The molecule has 156 valence electrons. The van der Waals surface area contributed by atoms with Crippen LogP contribution >= 0.6 is 35.5 Å². The highest BCUT2D eigenvalue weighted by atomic mass is 35.5. The smallest absolute Gasteiger partial charge is 0.260 e. The van der Waals surface area contributed by atoms with E-state index in [4.69, 9.17) is 0 Å². The molecule has 29 heavy (non-hydrogen) atoms. The molecule has 0 aliphatic heterocycles. The van der Waals surface area contributed by atoms with E-state index < -0.39 is 0 Å². The maximum atomic E-state index is 13.6. The fraction of sp³-hybridized carbons (Fsp3) is 0.333. The Morgan fingerprint density at radius 3 is 2.41 bits per heavy atom. The molecule has 0 fully saturated rings. The summed E-state index contributed by atoms with van der Waals surface area (Å²) in [6, 6.07) is 12.1. The van der Waals surface area contributed by atoms with Crippen LogP contribution in [0.3, 0.4) is 0 Å². The molecule has 3 rings (SSSR count). The van der Waals surface area contributed by atoms with Gasteiger partial charge in [0.15, 0.2) is 5.13 Å². The predicted molar refractivity (Wildman–Crippen MR) is 125 cm³/mol. The topological polar surface area (TPSA) is 36.4 Å². The zero-order valence-electron chi connectivity index (χ0n) is 16.7. The lowest BCUT2D eigenvalue weighted by Gasteiger charge is -2.24. The average Bonchev–Trinajstić information content (AvgIpc) is 3.13. The molecule has 0 aliphatic rings. The van der Waals surface area contributed by atoms with Crippen LogP contribution in [0.25, 0.3) is 10.2 Å². The third-order valence-corrected chi connectivity index (χ3v) is 6.47. The summed E-state index contributed by atoms with van der Waals surface area (Å²) in [5.74, 6) is -0.379. The molecule has 8 heteroatoms. The number of amides is 1. The first-order valence-electron chi connectivity index (χ1n) is 9.30. The van der Waals surface area contributed by atoms with Crippen LogP contribution in [0.15, 0.2) is 47.4 Å². The van der Waals surface area contributed by atoms with Gasteiger partial charge in [-0.3, -0.25) is 9.69 Å². The van der Waals surface area contributed by atoms with Gasteiger partial charge in [0.1, 0.15) is 5.82 Å². The average molecular weight is 454 g/mol. The molecule has 1 aromatic heterocycles. The summed E-state index contributed by atoms with van der Waals surface area (Å²) in [5, 5.41) is 0.603.